The van der Waals surface area contributed by atoms with Gasteiger partial charge in [-0.15, -0.1) is 0 Å². The molecule has 0 radical (unpaired) electrons. The van der Waals surface area contributed by atoms with Gasteiger partial charge < -0.3 is 18.6 Å². The highest BCUT2D eigenvalue weighted by Gasteiger charge is 2.19. The van der Waals surface area contributed by atoms with E-state index in [2.05, 4.69) is 9.47 Å². The standard InChI is InChI=1S/C25H26FN3O3/c1-31-22-4-2-3-20-23-21(29(24(20)22)12-11-27-13-15-32-16-14-27)9-10-28(25(23)30)17-18-5-7-19(26)8-6-18/h2-10H,11-17H2,1H3. The number of fused-ring (bicyclic) bond motifs is 3. The van der Waals surface area contributed by atoms with Crippen LogP contribution in [0.4, 0.5) is 4.39 Å². The third-order valence-electron chi connectivity index (χ3n) is 6.20. The molecule has 1 aliphatic rings. The van der Waals surface area contributed by atoms with Gasteiger partial charge in [-0.3, -0.25) is 9.69 Å². The summed E-state index contributed by atoms with van der Waals surface area (Å²) in [5.41, 5.74) is 2.66. The highest BCUT2D eigenvalue weighted by Crippen LogP contribution is 2.33. The maximum absolute atomic E-state index is 13.5. The summed E-state index contributed by atoms with van der Waals surface area (Å²) in [6.45, 7) is 5.35. The molecule has 3 heterocycles. The van der Waals surface area contributed by atoms with E-state index in [1.54, 1.807) is 23.8 Å². The zero-order valence-corrected chi connectivity index (χ0v) is 18.1. The van der Waals surface area contributed by atoms with Crippen LogP contribution < -0.4 is 10.3 Å². The van der Waals surface area contributed by atoms with Crippen LogP contribution in [0.1, 0.15) is 5.56 Å². The Bertz CT molecular complexity index is 1300. The van der Waals surface area contributed by atoms with Crippen molar-refractivity contribution in [2.24, 2.45) is 0 Å². The summed E-state index contributed by atoms with van der Waals surface area (Å²) in [6, 6.07) is 14.1. The maximum Gasteiger partial charge on any atom is 0.260 e. The van der Waals surface area contributed by atoms with Crippen LogP contribution in [-0.2, 0) is 17.8 Å². The molecule has 0 N–H and O–H groups in total. The van der Waals surface area contributed by atoms with Gasteiger partial charge in [0.25, 0.3) is 5.56 Å². The average molecular weight is 435 g/mol. The van der Waals surface area contributed by atoms with Crippen molar-refractivity contribution in [1.29, 1.82) is 0 Å². The molecule has 1 fully saturated rings. The van der Waals surface area contributed by atoms with E-state index in [1.807, 2.05) is 30.5 Å². The summed E-state index contributed by atoms with van der Waals surface area (Å²) in [5.74, 6) is 0.470. The Labute approximate surface area is 185 Å². The van der Waals surface area contributed by atoms with Gasteiger partial charge in [-0.25, -0.2) is 4.39 Å². The lowest BCUT2D eigenvalue weighted by atomic mass is 10.1. The normalized spacial score (nSPS) is 14.9. The van der Waals surface area contributed by atoms with Crippen molar-refractivity contribution in [3.05, 3.63) is 76.5 Å². The predicted molar refractivity (Wildman–Crippen MR) is 123 cm³/mol. The molecule has 2 aromatic carbocycles. The van der Waals surface area contributed by atoms with E-state index >= 15 is 0 Å². The molecule has 0 unspecified atom stereocenters. The number of ether oxygens (including phenoxy) is 2. The van der Waals surface area contributed by atoms with E-state index in [9.17, 15) is 9.18 Å². The van der Waals surface area contributed by atoms with Crippen LogP contribution in [0, 0.1) is 5.82 Å². The minimum absolute atomic E-state index is 0.0600. The number of rotatable bonds is 6. The number of halogens is 1. The number of pyridine rings is 1. The zero-order valence-electron chi connectivity index (χ0n) is 18.1. The summed E-state index contributed by atoms with van der Waals surface area (Å²) in [5, 5.41) is 1.57. The lowest BCUT2D eigenvalue weighted by Crippen LogP contribution is -2.38. The summed E-state index contributed by atoms with van der Waals surface area (Å²) < 4.78 is 28.3. The van der Waals surface area contributed by atoms with Crippen LogP contribution in [0.15, 0.2) is 59.5 Å². The van der Waals surface area contributed by atoms with Crippen molar-refractivity contribution in [2.45, 2.75) is 13.1 Å². The molecular formula is C25H26FN3O3. The van der Waals surface area contributed by atoms with Gasteiger partial charge in [-0.1, -0.05) is 24.3 Å². The lowest BCUT2D eigenvalue weighted by Gasteiger charge is -2.27. The van der Waals surface area contributed by atoms with Crippen molar-refractivity contribution < 1.29 is 13.9 Å². The van der Waals surface area contributed by atoms with E-state index in [-0.39, 0.29) is 11.4 Å². The molecule has 0 amide bonds. The minimum Gasteiger partial charge on any atom is -0.495 e. The van der Waals surface area contributed by atoms with E-state index in [1.165, 1.54) is 12.1 Å². The van der Waals surface area contributed by atoms with Gasteiger partial charge in [0.1, 0.15) is 11.6 Å². The van der Waals surface area contributed by atoms with Gasteiger partial charge in [0.15, 0.2) is 0 Å². The molecule has 7 heteroatoms. The van der Waals surface area contributed by atoms with Crippen molar-refractivity contribution in [1.82, 2.24) is 14.0 Å². The Kier molecular flexibility index (Phi) is 5.68. The third kappa shape index (κ3) is 3.78. The summed E-state index contributed by atoms with van der Waals surface area (Å²) >= 11 is 0. The lowest BCUT2D eigenvalue weighted by molar-refractivity contribution is 0.0366. The quantitative estimate of drug-likeness (QED) is 0.465. The molecule has 0 atom stereocenters. The van der Waals surface area contributed by atoms with Gasteiger partial charge in [0.05, 0.1) is 43.3 Å². The summed E-state index contributed by atoms with van der Waals surface area (Å²) in [4.78, 5) is 15.9. The fourth-order valence-electron chi connectivity index (χ4n) is 4.54. The summed E-state index contributed by atoms with van der Waals surface area (Å²) in [7, 11) is 1.66. The van der Waals surface area contributed by atoms with E-state index in [0.29, 0.717) is 11.9 Å². The van der Waals surface area contributed by atoms with Gasteiger partial charge in [-0.05, 0) is 29.8 Å². The molecular weight excluding hydrogens is 409 g/mol. The van der Waals surface area contributed by atoms with Gasteiger partial charge in [0.2, 0.25) is 0 Å². The smallest absolute Gasteiger partial charge is 0.260 e. The number of morpholine rings is 1. The molecule has 0 spiro atoms. The van der Waals surface area contributed by atoms with E-state index in [4.69, 9.17) is 9.47 Å². The second kappa shape index (κ2) is 8.76. The maximum atomic E-state index is 13.5. The largest absolute Gasteiger partial charge is 0.495 e. The number of methoxy groups -OCH3 is 1. The zero-order chi connectivity index (χ0) is 22.1. The molecule has 166 valence electrons. The molecule has 5 rings (SSSR count). The van der Waals surface area contributed by atoms with Gasteiger partial charge in [-0.2, -0.15) is 0 Å². The molecule has 0 aliphatic carbocycles. The molecule has 1 aliphatic heterocycles. The number of hydrogen-bond acceptors (Lipinski definition) is 4. The second-order valence-corrected chi connectivity index (χ2v) is 8.10. The molecule has 1 saturated heterocycles. The Morgan fingerprint density at radius 3 is 2.56 bits per heavy atom. The first-order valence-corrected chi connectivity index (χ1v) is 10.9. The molecule has 2 aromatic heterocycles. The topological polar surface area (TPSA) is 48.6 Å². The number of aromatic nitrogens is 2. The number of benzene rings is 2. The number of para-hydroxylation sites is 1. The molecule has 0 saturated carbocycles. The van der Waals surface area contributed by atoms with Crippen LogP contribution in [0.25, 0.3) is 21.8 Å². The monoisotopic (exact) mass is 435 g/mol. The third-order valence-corrected chi connectivity index (χ3v) is 6.20. The van der Waals surface area contributed by atoms with Crippen molar-refractivity contribution in [3.8, 4) is 5.75 Å². The first-order chi connectivity index (χ1) is 15.7. The Morgan fingerprint density at radius 2 is 1.81 bits per heavy atom. The fraction of sp³-hybridized carbons (Fsp3) is 0.320. The predicted octanol–water partition coefficient (Wildman–Crippen LogP) is 3.48. The van der Waals surface area contributed by atoms with Crippen LogP contribution in [0.3, 0.4) is 0 Å². The van der Waals surface area contributed by atoms with Crippen molar-refractivity contribution >= 4 is 21.8 Å². The molecule has 32 heavy (non-hydrogen) atoms. The van der Waals surface area contributed by atoms with Crippen LogP contribution >= 0.6 is 0 Å². The second-order valence-electron chi connectivity index (χ2n) is 8.10. The molecule has 4 aromatic rings. The van der Waals surface area contributed by atoms with Crippen LogP contribution in [0.5, 0.6) is 5.75 Å². The van der Waals surface area contributed by atoms with Crippen molar-refractivity contribution in [2.75, 3.05) is 40.0 Å². The van der Waals surface area contributed by atoms with Crippen LogP contribution in [0.2, 0.25) is 0 Å². The van der Waals surface area contributed by atoms with Crippen molar-refractivity contribution in [3.63, 3.8) is 0 Å². The van der Waals surface area contributed by atoms with Gasteiger partial charge >= 0.3 is 0 Å². The SMILES string of the molecule is COc1cccc2c3c(=O)n(Cc4ccc(F)cc4)ccc3n(CCN3CCOCC3)c12. The molecule has 6 nitrogen and oxygen atoms in total. The van der Waals surface area contributed by atoms with E-state index in [0.717, 1.165) is 67.1 Å². The Balaban J connectivity index is 1.60. The Morgan fingerprint density at radius 1 is 1.03 bits per heavy atom. The first-order valence-electron chi connectivity index (χ1n) is 10.9. The number of nitrogens with zero attached hydrogens (tertiary/aromatic N) is 3. The summed E-state index contributed by atoms with van der Waals surface area (Å²) in [6.07, 6.45) is 1.82. The van der Waals surface area contributed by atoms with Crippen LogP contribution in [-0.4, -0.2) is 54.0 Å². The Hall–Kier alpha value is -3.16. The highest BCUT2D eigenvalue weighted by atomic mass is 19.1. The van der Waals surface area contributed by atoms with Gasteiger partial charge in [0, 0.05) is 37.8 Å². The highest BCUT2D eigenvalue weighted by molar-refractivity contribution is 6.09. The minimum atomic E-state index is -0.285. The van der Waals surface area contributed by atoms with E-state index < -0.39 is 0 Å². The number of hydrogen-bond donors (Lipinski definition) is 0. The molecule has 0 bridgehead atoms. The fourth-order valence-corrected chi connectivity index (χ4v) is 4.54. The first kappa shape index (κ1) is 20.7. The average Bonchev–Trinajstić information content (AvgIpc) is 3.16.